The molecule has 0 saturated heterocycles. The first-order valence-corrected chi connectivity index (χ1v) is 7.05. The summed E-state index contributed by atoms with van der Waals surface area (Å²) in [5.41, 5.74) is -0.0555. The maximum Gasteiger partial charge on any atom is 0.335 e. The van der Waals surface area contributed by atoms with Crippen molar-refractivity contribution in [1.29, 1.82) is 0 Å². The molecule has 112 valence electrons. The highest BCUT2D eigenvalue weighted by Crippen LogP contribution is 2.27. The molecule has 0 unspecified atom stereocenters. The highest BCUT2D eigenvalue weighted by atomic mass is 79.9. The second kappa shape index (κ2) is 5.85. The minimum absolute atomic E-state index is 0.0742. The van der Waals surface area contributed by atoms with Gasteiger partial charge in [0, 0.05) is 5.41 Å². The third-order valence-corrected chi connectivity index (χ3v) is 3.32. The third-order valence-electron chi connectivity index (χ3n) is 2.67. The van der Waals surface area contributed by atoms with Crippen molar-refractivity contribution in [3.63, 3.8) is 0 Å². The molecule has 1 aromatic heterocycles. The van der Waals surface area contributed by atoms with Crippen molar-refractivity contribution in [2.45, 2.75) is 32.8 Å². The fraction of sp³-hybridized carbons (Fsp3) is 0.357. The molecule has 2 aromatic rings. The van der Waals surface area contributed by atoms with Crippen LogP contribution in [0.3, 0.4) is 0 Å². The number of aromatic carboxylic acids is 1. The second-order valence-electron chi connectivity index (χ2n) is 5.50. The molecule has 1 N–H and O–H groups in total. The largest absolute Gasteiger partial charge is 0.483 e. The molecule has 0 atom stereocenters. The van der Waals surface area contributed by atoms with Crippen LogP contribution in [0.25, 0.3) is 0 Å². The fourth-order valence-electron chi connectivity index (χ4n) is 1.50. The minimum Gasteiger partial charge on any atom is -0.483 e. The Labute approximate surface area is 130 Å². The average molecular weight is 355 g/mol. The summed E-state index contributed by atoms with van der Waals surface area (Å²) < 4.78 is 11.3. The summed E-state index contributed by atoms with van der Waals surface area (Å²) in [4.78, 5) is 15.2. The van der Waals surface area contributed by atoms with E-state index in [4.69, 9.17) is 14.4 Å². The fourth-order valence-corrected chi connectivity index (χ4v) is 1.87. The van der Waals surface area contributed by atoms with Gasteiger partial charge in [-0.1, -0.05) is 25.9 Å². The molecule has 21 heavy (non-hydrogen) atoms. The van der Waals surface area contributed by atoms with Crippen molar-refractivity contribution in [3.8, 4) is 5.75 Å². The van der Waals surface area contributed by atoms with Gasteiger partial charge in [0.25, 0.3) is 5.89 Å². The Morgan fingerprint density at radius 2 is 2.14 bits per heavy atom. The van der Waals surface area contributed by atoms with Crippen LogP contribution >= 0.6 is 15.9 Å². The summed E-state index contributed by atoms with van der Waals surface area (Å²) in [6.45, 7) is 6.02. The van der Waals surface area contributed by atoms with E-state index < -0.39 is 5.97 Å². The molecule has 0 radical (unpaired) electrons. The highest BCUT2D eigenvalue weighted by Gasteiger charge is 2.21. The Morgan fingerprint density at radius 1 is 1.43 bits per heavy atom. The van der Waals surface area contributed by atoms with Gasteiger partial charge < -0.3 is 14.4 Å². The van der Waals surface area contributed by atoms with E-state index in [1.807, 2.05) is 20.8 Å². The maximum absolute atomic E-state index is 10.9. The van der Waals surface area contributed by atoms with Crippen molar-refractivity contribution in [2.75, 3.05) is 0 Å². The van der Waals surface area contributed by atoms with Gasteiger partial charge >= 0.3 is 5.97 Å². The first-order chi connectivity index (χ1) is 9.77. The van der Waals surface area contributed by atoms with E-state index in [-0.39, 0.29) is 17.6 Å². The van der Waals surface area contributed by atoms with Crippen LogP contribution in [0.2, 0.25) is 0 Å². The van der Waals surface area contributed by atoms with Gasteiger partial charge in [-0.3, -0.25) is 0 Å². The maximum atomic E-state index is 10.9. The van der Waals surface area contributed by atoms with E-state index in [1.54, 1.807) is 6.07 Å². The number of benzene rings is 1. The number of hydrogen-bond donors (Lipinski definition) is 1. The van der Waals surface area contributed by atoms with Crippen molar-refractivity contribution in [1.82, 2.24) is 10.1 Å². The zero-order chi connectivity index (χ0) is 15.6. The predicted molar refractivity (Wildman–Crippen MR) is 78.4 cm³/mol. The quantitative estimate of drug-likeness (QED) is 0.905. The van der Waals surface area contributed by atoms with E-state index in [0.29, 0.717) is 21.9 Å². The normalized spacial score (nSPS) is 11.4. The summed E-state index contributed by atoms with van der Waals surface area (Å²) in [5, 5.41) is 12.9. The van der Waals surface area contributed by atoms with E-state index >= 15 is 0 Å². The lowest BCUT2D eigenvalue weighted by molar-refractivity contribution is 0.0696. The summed E-state index contributed by atoms with van der Waals surface area (Å²) in [5.74, 6) is 0.331. The topological polar surface area (TPSA) is 85.5 Å². The van der Waals surface area contributed by atoms with E-state index in [2.05, 4.69) is 26.1 Å². The van der Waals surface area contributed by atoms with Crippen molar-refractivity contribution in [3.05, 3.63) is 40.0 Å². The minimum atomic E-state index is -1.01. The molecule has 0 amide bonds. The van der Waals surface area contributed by atoms with Gasteiger partial charge in [-0.25, -0.2) is 4.79 Å². The third kappa shape index (κ3) is 3.81. The van der Waals surface area contributed by atoms with Crippen LogP contribution in [0.15, 0.2) is 27.2 Å². The zero-order valence-corrected chi connectivity index (χ0v) is 13.5. The molecule has 6 nitrogen and oxygen atoms in total. The van der Waals surface area contributed by atoms with Gasteiger partial charge in [-0.2, -0.15) is 4.98 Å². The van der Waals surface area contributed by atoms with Gasteiger partial charge in [0.2, 0.25) is 0 Å². The van der Waals surface area contributed by atoms with Crippen LogP contribution in [0, 0.1) is 0 Å². The smallest absolute Gasteiger partial charge is 0.335 e. The van der Waals surface area contributed by atoms with E-state index in [1.165, 1.54) is 12.1 Å². The van der Waals surface area contributed by atoms with E-state index in [0.717, 1.165) is 0 Å². The summed E-state index contributed by atoms with van der Waals surface area (Å²) in [6, 6.07) is 4.55. The Bertz CT molecular complexity index is 661. The molecule has 1 aromatic carbocycles. The second-order valence-corrected chi connectivity index (χ2v) is 6.36. The lowest BCUT2D eigenvalue weighted by Gasteiger charge is -2.11. The lowest BCUT2D eigenvalue weighted by Crippen LogP contribution is -2.13. The van der Waals surface area contributed by atoms with Gasteiger partial charge in [0.05, 0.1) is 10.0 Å². The van der Waals surface area contributed by atoms with E-state index in [9.17, 15) is 4.79 Å². The molecule has 0 aliphatic rings. The molecule has 0 aliphatic carbocycles. The Kier molecular flexibility index (Phi) is 4.32. The van der Waals surface area contributed by atoms with Crippen LogP contribution in [0.5, 0.6) is 5.75 Å². The molecule has 0 aliphatic heterocycles. The van der Waals surface area contributed by atoms with Gasteiger partial charge in [0.1, 0.15) is 5.75 Å². The number of carboxylic acid groups (broad SMARTS) is 1. The molecule has 7 heteroatoms. The summed E-state index contributed by atoms with van der Waals surface area (Å²) in [6.07, 6.45) is 0. The highest BCUT2D eigenvalue weighted by molar-refractivity contribution is 9.10. The first kappa shape index (κ1) is 15.5. The number of rotatable bonds is 4. The van der Waals surface area contributed by atoms with Crippen molar-refractivity contribution >= 4 is 21.9 Å². The van der Waals surface area contributed by atoms with Crippen molar-refractivity contribution in [2.24, 2.45) is 0 Å². The number of carboxylic acids is 1. The van der Waals surface area contributed by atoms with Gasteiger partial charge in [-0.15, -0.1) is 0 Å². The summed E-state index contributed by atoms with van der Waals surface area (Å²) >= 11 is 3.31. The molecule has 0 fully saturated rings. The van der Waals surface area contributed by atoms with Gasteiger partial charge in [0.15, 0.2) is 12.4 Å². The Balaban J connectivity index is 2.11. The molecule has 0 saturated carbocycles. The molecule has 0 bridgehead atoms. The molecular formula is C14H15BrN2O4. The number of ether oxygens (including phenoxy) is 1. The number of carbonyl (C=O) groups is 1. The van der Waals surface area contributed by atoms with Crippen LogP contribution < -0.4 is 4.74 Å². The molecule has 2 rings (SSSR count). The number of hydrogen-bond acceptors (Lipinski definition) is 5. The lowest BCUT2D eigenvalue weighted by atomic mass is 9.96. The van der Waals surface area contributed by atoms with Crippen LogP contribution in [-0.2, 0) is 12.0 Å². The number of aromatic nitrogens is 2. The number of nitrogens with zero attached hydrogens (tertiary/aromatic N) is 2. The standard InChI is InChI=1S/C14H15BrN2O4/c1-14(2,3)13-16-11(21-17-13)7-20-10-6-8(12(18)19)4-5-9(10)15/h4-6H,7H2,1-3H3,(H,18,19). The van der Waals surface area contributed by atoms with Gasteiger partial charge in [-0.05, 0) is 34.1 Å². The SMILES string of the molecule is CC(C)(C)c1noc(COc2cc(C(=O)O)ccc2Br)n1. The van der Waals surface area contributed by atoms with Crippen LogP contribution in [0.4, 0.5) is 0 Å². The number of halogens is 1. The Morgan fingerprint density at radius 3 is 2.71 bits per heavy atom. The Hall–Kier alpha value is -1.89. The molecule has 1 heterocycles. The molecular weight excluding hydrogens is 340 g/mol. The van der Waals surface area contributed by atoms with Crippen LogP contribution in [-0.4, -0.2) is 21.2 Å². The molecule has 0 spiro atoms. The van der Waals surface area contributed by atoms with Crippen LogP contribution in [0.1, 0.15) is 42.8 Å². The monoisotopic (exact) mass is 354 g/mol. The zero-order valence-electron chi connectivity index (χ0n) is 11.9. The van der Waals surface area contributed by atoms with Crippen molar-refractivity contribution < 1.29 is 19.2 Å². The predicted octanol–water partition coefficient (Wildman–Crippen LogP) is 3.41. The summed E-state index contributed by atoms with van der Waals surface area (Å²) in [7, 11) is 0. The average Bonchev–Trinajstić information content (AvgIpc) is 2.86. The first-order valence-electron chi connectivity index (χ1n) is 6.26.